The van der Waals surface area contributed by atoms with Crippen molar-refractivity contribution in [2.24, 2.45) is 5.73 Å². The number of carboxylic acid groups (broad SMARTS) is 1. The number of anilines is 1. The maximum Gasteiger partial charge on any atom is 0.303 e. The number of aliphatic carboxylic acids is 1. The van der Waals surface area contributed by atoms with Gasteiger partial charge in [0.1, 0.15) is 0 Å². The lowest BCUT2D eigenvalue weighted by Crippen LogP contribution is -2.34. The summed E-state index contributed by atoms with van der Waals surface area (Å²) in [6, 6.07) is 7.29. The van der Waals surface area contributed by atoms with E-state index < -0.39 is 11.9 Å². The first-order valence-electron chi connectivity index (χ1n) is 6.30. The number of benzene rings is 1. The third-order valence-corrected chi connectivity index (χ3v) is 2.89. The molecule has 104 valence electrons. The van der Waals surface area contributed by atoms with Gasteiger partial charge in [0.2, 0.25) is 0 Å². The lowest BCUT2D eigenvalue weighted by molar-refractivity contribution is -0.137. The van der Waals surface area contributed by atoms with Gasteiger partial charge in [-0.3, -0.25) is 9.59 Å². The van der Waals surface area contributed by atoms with Gasteiger partial charge >= 0.3 is 5.97 Å². The first-order chi connectivity index (χ1) is 8.93. The minimum absolute atomic E-state index is 0.113. The highest BCUT2D eigenvalue weighted by Crippen LogP contribution is 2.22. The summed E-state index contributed by atoms with van der Waals surface area (Å²) in [6.07, 6.45) is 0.641. The number of amides is 1. The molecule has 0 bridgehead atoms. The molecule has 0 fully saturated rings. The fourth-order valence-electron chi connectivity index (χ4n) is 1.99. The maximum atomic E-state index is 11.4. The fraction of sp³-hybridized carbons (Fsp3) is 0.429. The predicted molar refractivity (Wildman–Crippen MR) is 74.3 cm³/mol. The molecule has 0 aliphatic rings. The van der Waals surface area contributed by atoms with Crippen molar-refractivity contribution in [2.45, 2.75) is 32.7 Å². The van der Waals surface area contributed by atoms with E-state index in [9.17, 15) is 9.59 Å². The number of carbonyl (C=O) groups is 2. The highest BCUT2D eigenvalue weighted by Gasteiger charge is 2.16. The number of hydrogen-bond acceptors (Lipinski definition) is 3. The summed E-state index contributed by atoms with van der Waals surface area (Å²) in [5, 5.41) is 8.69. The minimum Gasteiger partial charge on any atom is -0.481 e. The topological polar surface area (TPSA) is 83.6 Å². The van der Waals surface area contributed by atoms with Crippen LogP contribution in [0.25, 0.3) is 0 Å². The molecule has 0 aromatic heterocycles. The van der Waals surface area contributed by atoms with Crippen molar-refractivity contribution in [2.75, 3.05) is 11.4 Å². The van der Waals surface area contributed by atoms with E-state index in [0.717, 1.165) is 5.69 Å². The molecule has 5 heteroatoms. The minimum atomic E-state index is -0.813. The second-order valence-corrected chi connectivity index (χ2v) is 4.67. The summed E-state index contributed by atoms with van der Waals surface area (Å²) >= 11 is 0. The van der Waals surface area contributed by atoms with Gasteiger partial charge in [-0.25, -0.2) is 0 Å². The van der Waals surface area contributed by atoms with E-state index >= 15 is 0 Å². The van der Waals surface area contributed by atoms with Crippen LogP contribution in [0.3, 0.4) is 0 Å². The van der Waals surface area contributed by atoms with Crippen LogP contribution in [0.4, 0.5) is 5.69 Å². The first kappa shape index (κ1) is 15.0. The zero-order valence-electron chi connectivity index (χ0n) is 11.3. The third kappa shape index (κ3) is 4.28. The van der Waals surface area contributed by atoms with E-state index in [-0.39, 0.29) is 12.5 Å². The molecule has 0 spiro atoms. The fourth-order valence-corrected chi connectivity index (χ4v) is 1.99. The van der Waals surface area contributed by atoms with Crippen LogP contribution >= 0.6 is 0 Å². The molecule has 0 atom stereocenters. The van der Waals surface area contributed by atoms with Gasteiger partial charge in [0.05, 0.1) is 5.56 Å². The SMILES string of the molecule is CC(C)N(CCCC(=O)O)c1ccccc1C(N)=O. The zero-order valence-corrected chi connectivity index (χ0v) is 11.3. The molecule has 0 radical (unpaired) electrons. The molecule has 0 heterocycles. The van der Waals surface area contributed by atoms with Crippen LogP contribution in [0, 0.1) is 0 Å². The molecule has 1 amide bonds. The number of carbonyl (C=O) groups excluding carboxylic acids is 1. The Morgan fingerprint density at radius 2 is 1.95 bits per heavy atom. The summed E-state index contributed by atoms with van der Waals surface area (Å²) in [4.78, 5) is 24.0. The Hall–Kier alpha value is -2.04. The number of primary amides is 1. The second kappa shape index (κ2) is 6.78. The van der Waals surface area contributed by atoms with E-state index in [1.54, 1.807) is 12.1 Å². The summed E-state index contributed by atoms with van der Waals surface area (Å²) < 4.78 is 0. The molecule has 19 heavy (non-hydrogen) atoms. The van der Waals surface area contributed by atoms with Crippen molar-refractivity contribution in [3.8, 4) is 0 Å². The van der Waals surface area contributed by atoms with Crippen LogP contribution in [0.2, 0.25) is 0 Å². The Kier molecular flexibility index (Phi) is 5.36. The third-order valence-electron chi connectivity index (χ3n) is 2.89. The smallest absolute Gasteiger partial charge is 0.303 e. The number of rotatable bonds is 7. The van der Waals surface area contributed by atoms with Crippen LogP contribution in [-0.2, 0) is 4.79 Å². The van der Waals surface area contributed by atoms with Crippen molar-refractivity contribution in [3.63, 3.8) is 0 Å². The molecular weight excluding hydrogens is 244 g/mol. The molecule has 0 saturated heterocycles. The largest absolute Gasteiger partial charge is 0.481 e. The Morgan fingerprint density at radius 1 is 1.32 bits per heavy atom. The molecule has 3 N–H and O–H groups in total. The number of nitrogens with two attached hydrogens (primary N) is 1. The van der Waals surface area contributed by atoms with Gasteiger partial charge in [-0.2, -0.15) is 0 Å². The van der Waals surface area contributed by atoms with Crippen molar-refractivity contribution >= 4 is 17.6 Å². The second-order valence-electron chi connectivity index (χ2n) is 4.67. The van der Waals surface area contributed by atoms with Gasteiger partial charge in [-0.05, 0) is 32.4 Å². The average Bonchev–Trinajstić information content (AvgIpc) is 2.34. The normalized spacial score (nSPS) is 10.5. The van der Waals surface area contributed by atoms with Crippen LogP contribution in [0.1, 0.15) is 37.0 Å². The summed E-state index contributed by atoms with van der Waals surface area (Å²) in [5.41, 5.74) is 6.59. The Labute approximate surface area is 113 Å². The lowest BCUT2D eigenvalue weighted by Gasteiger charge is -2.30. The van der Waals surface area contributed by atoms with E-state index in [1.807, 2.05) is 30.9 Å². The van der Waals surface area contributed by atoms with E-state index in [0.29, 0.717) is 18.5 Å². The maximum absolute atomic E-state index is 11.4. The molecule has 0 unspecified atom stereocenters. The molecule has 5 nitrogen and oxygen atoms in total. The quantitative estimate of drug-likeness (QED) is 0.787. The molecule has 1 aromatic carbocycles. The average molecular weight is 264 g/mol. The van der Waals surface area contributed by atoms with E-state index in [2.05, 4.69) is 0 Å². The molecule has 1 rings (SSSR count). The van der Waals surface area contributed by atoms with Crippen LogP contribution in [0.5, 0.6) is 0 Å². The van der Waals surface area contributed by atoms with Gasteiger partial charge in [0.25, 0.3) is 5.91 Å². The van der Waals surface area contributed by atoms with Crippen molar-refractivity contribution in [3.05, 3.63) is 29.8 Å². The summed E-state index contributed by atoms with van der Waals surface area (Å²) in [5.74, 6) is -1.29. The van der Waals surface area contributed by atoms with Crippen molar-refractivity contribution in [1.82, 2.24) is 0 Å². The van der Waals surface area contributed by atoms with E-state index in [1.165, 1.54) is 0 Å². The number of hydrogen-bond donors (Lipinski definition) is 2. The van der Waals surface area contributed by atoms with Gasteiger partial charge < -0.3 is 15.7 Å². The molecule has 0 saturated carbocycles. The summed E-state index contributed by atoms with van der Waals surface area (Å²) in [7, 11) is 0. The van der Waals surface area contributed by atoms with E-state index in [4.69, 9.17) is 10.8 Å². The van der Waals surface area contributed by atoms with Crippen molar-refractivity contribution < 1.29 is 14.7 Å². The Morgan fingerprint density at radius 3 is 2.47 bits per heavy atom. The highest BCUT2D eigenvalue weighted by atomic mass is 16.4. The monoisotopic (exact) mass is 264 g/mol. The van der Waals surface area contributed by atoms with Gasteiger partial charge in [0, 0.05) is 24.7 Å². The molecular formula is C14H20N2O3. The van der Waals surface area contributed by atoms with Gasteiger partial charge in [-0.1, -0.05) is 12.1 Å². The Balaban J connectivity index is 2.93. The zero-order chi connectivity index (χ0) is 14.4. The summed E-state index contributed by atoms with van der Waals surface area (Å²) in [6.45, 7) is 4.57. The van der Waals surface area contributed by atoms with Crippen LogP contribution in [-0.4, -0.2) is 29.6 Å². The molecule has 0 aliphatic heterocycles. The first-order valence-corrected chi connectivity index (χ1v) is 6.30. The van der Waals surface area contributed by atoms with Gasteiger partial charge in [0.15, 0.2) is 0 Å². The van der Waals surface area contributed by atoms with Crippen molar-refractivity contribution in [1.29, 1.82) is 0 Å². The lowest BCUT2D eigenvalue weighted by atomic mass is 10.1. The van der Waals surface area contributed by atoms with Crippen LogP contribution < -0.4 is 10.6 Å². The molecule has 1 aromatic rings. The van der Waals surface area contributed by atoms with Crippen LogP contribution in [0.15, 0.2) is 24.3 Å². The Bertz CT molecular complexity index is 458. The number of para-hydroxylation sites is 1. The predicted octanol–water partition coefficient (Wildman–Crippen LogP) is 1.87. The number of carboxylic acids is 1. The molecule has 0 aliphatic carbocycles. The standard InChI is InChI=1S/C14H20N2O3/c1-10(2)16(9-5-8-13(17)18)12-7-4-3-6-11(12)14(15)19/h3-4,6-7,10H,5,8-9H2,1-2H3,(H2,15,19)(H,17,18). The highest BCUT2D eigenvalue weighted by molar-refractivity contribution is 5.98. The van der Waals surface area contributed by atoms with Gasteiger partial charge in [-0.15, -0.1) is 0 Å². The number of nitrogens with zero attached hydrogens (tertiary/aromatic N) is 1.